The van der Waals surface area contributed by atoms with Crippen LogP contribution in [0.2, 0.25) is 0 Å². The Morgan fingerprint density at radius 1 is 1.18 bits per heavy atom. The molecule has 2 aromatic heterocycles. The maximum Gasteiger partial charge on any atom is 0.264 e. The minimum atomic E-state index is -0.703. The fraction of sp³-hybridized carbons (Fsp3) is 0.538. The van der Waals surface area contributed by atoms with Gasteiger partial charge in [-0.2, -0.15) is 5.10 Å². The summed E-state index contributed by atoms with van der Waals surface area (Å²) < 4.78 is 1.90. The lowest BCUT2D eigenvalue weighted by molar-refractivity contribution is -0.0754. The van der Waals surface area contributed by atoms with Crippen molar-refractivity contribution < 1.29 is 5.11 Å². The summed E-state index contributed by atoms with van der Waals surface area (Å²) >= 11 is 1.53. The number of anilines is 1. The molecule has 7 nitrogen and oxygen atoms in total. The van der Waals surface area contributed by atoms with Crippen LogP contribution in [-0.4, -0.2) is 49.3 Å². The summed E-state index contributed by atoms with van der Waals surface area (Å²) in [5, 5.41) is 17.2. The smallest absolute Gasteiger partial charge is 0.264 e. The molecule has 3 saturated carbocycles. The number of fused-ring (bicyclic) bond motifs is 2. The van der Waals surface area contributed by atoms with Crippen LogP contribution in [0.15, 0.2) is 35.6 Å². The summed E-state index contributed by atoms with van der Waals surface area (Å²) in [6.45, 7) is 12.6. The van der Waals surface area contributed by atoms with Crippen LogP contribution in [0.1, 0.15) is 51.5 Å². The van der Waals surface area contributed by atoms with Crippen molar-refractivity contribution in [3.05, 3.63) is 47.4 Å². The zero-order chi connectivity index (χ0) is 23.5. The number of hydrogen-bond acceptors (Lipinski definition) is 6. The van der Waals surface area contributed by atoms with Crippen molar-refractivity contribution in [2.45, 2.75) is 68.3 Å². The molecule has 5 aliphatic rings. The molecule has 2 saturated heterocycles. The summed E-state index contributed by atoms with van der Waals surface area (Å²) in [4.78, 5) is 16.1. The van der Waals surface area contributed by atoms with E-state index < -0.39 is 5.60 Å². The van der Waals surface area contributed by atoms with Crippen molar-refractivity contribution in [1.29, 1.82) is 0 Å². The van der Waals surface area contributed by atoms with Crippen LogP contribution in [0.4, 0.5) is 5.82 Å². The number of hydrogen-bond donors (Lipinski definition) is 1. The van der Waals surface area contributed by atoms with E-state index in [9.17, 15) is 5.11 Å². The Morgan fingerprint density at radius 3 is 2.56 bits per heavy atom. The lowest BCUT2D eigenvalue weighted by Crippen LogP contribution is -2.50. The molecule has 2 bridgehead atoms. The van der Waals surface area contributed by atoms with E-state index >= 15 is 0 Å². The van der Waals surface area contributed by atoms with Crippen LogP contribution in [-0.2, 0) is 5.54 Å². The normalized spacial score (nSPS) is 30.4. The molecule has 8 heteroatoms. The van der Waals surface area contributed by atoms with Crippen LogP contribution in [0.3, 0.4) is 0 Å². The van der Waals surface area contributed by atoms with Crippen LogP contribution in [0.5, 0.6) is 0 Å². The molecule has 34 heavy (non-hydrogen) atoms. The first-order chi connectivity index (χ1) is 16.2. The maximum absolute atomic E-state index is 10.8. The van der Waals surface area contributed by atoms with Crippen LogP contribution < -0.4 is 4.90 Å². The van der Waals surface area contributed by atoms with Gasteiger partial charge in [0, 0.05) is 41.4 Å². The van der Waals surface area contributed by atoms with Gasteiger partial charge in [-0.3, -0.25) is 0 Å². The van der Waals surface area contributed by atoms with Gasteiger partial charge in [0.15, 0.2) is 11.0 Å². The number of nitrogens with zero attached hydrogens (tertiary/aromatic N) is 6. The van der Waals surface area contributed by atoms with Gasteiger partial charge in [-0.25, -0.2) is 21.2 Å². The van der Waals surface area contributed by atoms with E-state index in [0.717, 1.165) is 53.9 Å². The Morgan fingerprint density at radius 2 is 1.94 bits per heavy atom. The fourth-order valence-electron chi connectivity index (χ4n) is 6.63. The monoisotopic (exact) mass is 472 g/mol. The summed E-state index contributed by atoms with van der Waals surface area (Å²) in [6, 6.07) is 8.81. The Bertz CT molecular complexity index is 1390. The first-order valence-electron chi connectivity index (χ1n) is 12.0. The van der Waals surface area contributed by atoms with Crippen LogP contribution in [0.25, 0.3) is 21.6 Å². The van der Waals surface area contributed by atoms with E-state index in [0.29, 0.717) is 11.2 Å². The van der Waals surface area contributed by atoms with E-state index in [1.807, 2.05) is 37.0 Å². The van der Waals surface area contributed by atoms with Gasteiger partial charge in [0.05, 0.1) is 22.7 Å². The first kappa shape index (κ1) is 20.7. The quantitative estimate of drug-likeness (QED) is 0.333. The highest BCUT2D eigenvalue weighted by Gasteiger charge is 2.82. The van der Waals surface area contributed by atoms with E-state index in [1.165, 1.54) is 24.6 Å². The average Bonchev–Trinajstić information content (AvgIpc) is 3.49. The second kappa shape index (κ2) is 6.32. The number of rotatable bonds is 5. The summed E-state index contributed by atoms with van der Waals surface area (Å²) in [6.07, 6.45) is 9.19. The molecule has 3 aliphatic carbocycles. The van der Waals surface area contributed by atoms with Crippen LogP contribution >= 0.6 is 11.8 Å². The molecule has 0 radical (unpaired) electrons. The predicted molar refractivity (Wildman–Crippen MR) is 132 cm³/mol. The molecule has 3 aromatic rings. The number of benzene rings is 1. The Balaban J connectivity index is 1.30. The maximum atomic E-state index is 10.8. The lowest BCUT2D eigenvalue weighted by Gasteiger charge is -2.45. The van der Waals surface area contributed by atoms with Gasteiger partial charge in [0.1, 0.15) is 5.82 Å². The van der Waals surface area contributed by atoms with E-state index in [-0.39, 0.29) is 16.4 Å². The topological polar surface area (TPSA) is 71.4 Å². The third kappa shape index (κ3) is 2.55. The fourth-order valence-corrected chi connectivity index (χ4v) is 7.00. The highest BCUT2D eigenvalue weighted by Crippen LogP contribution is 2.79. The molecular formula is C26H28N6OS. The van der Waals surface area contributed by atoms with Gasteiger partial charge in [-0.05, 0) is 51.9 Å². The third-order valence-electron chi connectivity index (χ3n) is 9.28. The van der Waals surface area contributed by atoms with Crippen LogP contribution in [0, 0.1) is 17.4 Å². The van der Waals surface area contributed by atoms with Crippen molar-refractivity contribution in [3.63, 3.8) is 0 Å². The van der Waals surface area contributed by atoms with Gasteiger partial charge >= 0.3 is 0 Å². The van der Waals surface area contributed by atoms with Crippen molar-refractivity contribution in [2.24, 2.45) is 10.8 Å². The predicted octanol–water partition coefficient (Wildman–Crippen LogP) is 4.58. The molecule has 4 heterocycles. The lowest BCUT2D eigenvalue weighted by atomic mass is 9.61. The third-order valence-corrected chi connectivity index (χ3v) is 9.82. The molecule has 174 valence electrons. The van der Waals surface area contributed by atoms with Gasteiger partial charge in [0.2, 0.25) is 0 Å². The molecule has 8 rings (SSSR count). The largest absolute Gasteiger partial charge is 0.390 e. The standard InChI is InChI=1S/C26H28N6OS/c1-23(2,33)25-11-18(12-25)31(15-25)20-10-21(30-22(29-20)34-4)32-19-9-17(6-5-16(19)13-28-32)26(27-3)14-24(26)7-8-24/h5-6,9-10,13,18,33H,7-8,11-12,14-15H2,1-2,4H3/t18?,25?,26-/m1/s1. The van der Waals surface area contributed by atoms with Gasteiger partial charge in [-0.1, -0.05) is 23.9 Å². The molecule has 0 unspecified atom stereocenters. The molecule has 5 fully saturated rings. The first-order valence-corrected chi connectivity index (χ1v) is 13.3. The van der Waals surface area contributed by atoms with E-state index in [4.69, 9.17) is 21.6 Å². The average molecular weight is 473 g/mol. The summed E-state index contributed by atoms with van der Waals surface area (Å²) in [7, 11) is 0. The second-order valence-corrected chi connectivity index (χ2v) is 12.1. The highest BCUT2D eigenvalue weighted by atomic mass is 32.2. The van der Waals surface area contributed by atoms with Crippen molar-refractivity contribution in [3.8, 4) is 5.82 Å². The van der Waals surface area contributed by atoms with Gasteiger partial charge in [0.25, 0.3) is 5.54 Å². The minimum absolute atomic E-state index is 0.0628. The molecule has 1 aromatic carbocycles. The highest BCUT2D eigenvalue weighted by molar-refractivity contribution is 7.98. The van der Waals surface area contributed by atoms with Crippen molar-refractivity contribution >= 4 is 28.5 Å². The Labute approximate surface area is 203 Å². The minimum Gasteiger partial charge on any atom is -0.390 e. The second-order valence-electron chi connectivity index (χ2n) is 11.4. The van der Waals surface area contributed by atoms with E-state index in [1.54, 1.807) is 0 Å². The molecule has 1 spiro atoms. The van der Waals surface area contributed by atoms with Crippen molar-refractivity contribution in [1.82, 2.24) is 19.7 Å². The van der Waals surface area contributed by atoms with E-state index in [2.05, 4.69) is 27.9 Å². The summed E-state index contributed by atoms with van der Waals surface area (Å²) in [5.41, 5.74) is 1.21. The van der Waals surface area contributed by atoms with Crippen molar-refractivity contribution in [2.75, 3.05) is 17.7 Å². The molecule has 1 atom stereocenters. The molecule has 0 amide bonds. The zero-order valence-electron chi connectivity index (χ0n) is 19.7. The summed E-state index contributed by atoms with van der Waals surface area (Å²) in [5.74, 6) is 1.65. The Kier molecular flexibility index (Phi) is 3.85. The molecule has 2 aliphatic heterocycles. The number of aliphatic hydroxyl groups is 1. The molecule has 1 N–H and O–H groups in total. The number of thioether (sulfide) groups is 1. The van der Waals surface area contributed by atoms with Gasteiger partial charge < -0.3 is 14.9 Å². The SMILES string of the molecule is [C-]#[N+][C@@]1(c2ccc3cnn(-c4cc(N5CC6(C(C)(C)O)CC5C6)nc(SC)n4)c3c2)CC12CC2. The Hall–Kier alpha value is -2.63. The molecular weight excluding hydrogens is 444 g/mol. The zero-order valence-corrected chi connectivity index (χ0v) is 20.6. The van der Waals surface area contributed by atoms with Gasteiger partial charge in [-0.15, -0.1) is 0 Å². The number of aromatic nitrogens is 4.